The summed E-state index contributed by atoms with van der Waals surface area (Å²) in [5.74, 6) is 0.682. The number of amides is 1. The molecule has 3 fully saturated rings. The lowest BCUT2D eigenvalue weighted by molar-refractivity contribution is 0.0590. The summed E-state index contributed by atoms with van der Waals surface area (Å²) in [6, 6.07) is 23.0. The Balaban J connectivity index is 1.19. The van der Waals surface area contributed by atoms with Gasteiger partial charge in [0.2, 0.25) is 0 Å². The minimum absolute atomic E-state index is 0.0490. The smallest absolute Gasteiger partial charge is 0.274 e. The number of carbonyl (C=O) groups is 1. The normalized spacial score (nSPS) is 22.2. The van der Waals surface area contributed by atoms with Gasteiger partial charge in [0.25, 0.3) is 5.91 Å². The van der Waals surface area contributed by atoms with E-state index in [1.165, 1.54) is 11.1 Å². The molecule has 3 aliphatic rings. The zero-order chi connectivity index (χ0) is 24.7. The van der Waals surface area contributed by atoms with Gasteiger partial charge in [-0.2, -0.15) is 5.10 Å². The van der Waals surface area contributed by atoms with Crippen LogP contribution in [0.5, 0.6) is 0 Å². The van der Waals surface area contributed by atoms with Gasteiger partial charge in [-0.15, -0.1) is 0 Å². The van der Waals surface area contributed by atoms with Crippen LogP contribution >= 0.6 is 0 Å². The van der Waals surface area contributed by atoms with Crippen molar-refractivity contribution in [2.45, 2.75) is 37.3 Å². The van der Waals surface area contributed by atoms with Gasteiger partial charge in [0, 0.05) is 37.8 Å². The number of hydrogen-bond acceptors (Lipinski definition) is 5. The maximum atomic E-state index is 13.5. The zero-order valence-corrected chi connectivity index (χ0v) is 21.2. The Kier molecular flexibility index (Phi) is 6.17. The van der Waals surface area contributed by atoms with Gasteiger partial charge in [0.1, 0.15) is 0 Å². The molecule has 1 saturated carbocycles. The molecule has 2 aromatic carbocycles. The molecule has 7 nitrogen and oxygen atoms in total. The van der Waals surface area contributed by atoms with Crippen LogP contribution in [0.4, 0.5) is 0 Å². The third kappa shape index (κ3) is 4.72. The van der Waals surface area contributed by atoms with E-state index in [0.717, 1.165) is 31.6 Å². The highest BCUT2D eigenvalue weighted by Crippen LogP contribution is 2.42. The number of nitrogens with zero attached hydrogens (tertiary/aromatic N) is 4. The van der Waals surface area contributed by atoms with Gasteiger partial charge in [0.05, 0.1) is 23.6 Å². The van der Waals surface area contributed by atoms with Crippen LogP contribution in [0.15, 0.2) is 66.7 Å². The molecular weight excluding hydrogens is 472 g/mol. The molecule has 1 aliphatic carbocycles. The average molecular weight is 505 g/mol. The van der Waals surface area contributed by atoms with Crippen molar-refractivity contribution in [2.75, 3.05) is 37.7 Å². The van der Waals surface area contributed by atoms with E-state index in [2.05, 4.69) is 53.4 Å². The first-order chi connectivity index (χ1) is 17.5. The van der Waals surface area contributed by atoms with Crippen molar-refractivity contribution in [1.82, 2.24) is 19.6 Å². The highest BCUT2D eigenvalue weighted by molar-refractivity contribution is 7.91. The number of benzene rings is 2. The van der Waals surface area contributed by atoms with Crippen LogP contribution < -0.4 is 0 Å². The molecule has 0 N–H and O–H groups in total. The number of piperazine rings is 1. The summed E-state index contributed by atoms with van der Waals surface area (Å²) in [5, 5.41) is 4.69. The molecule has 2 saturated heterocycles. The molecule has 1 unspecified atom stereocenters. The summed E-state index contributed by atoms with van der Waals surface area (Å²) in [6.45, 7) is 2.82. The standard InChI is InChI=1S/C28H32N4O3S/c33-28(25-19-26(21-11-12-21)32(29-25)24-13-18-36(34,35)20-24)31-16-14-30(15-17-31)27(22-7-3-1-4-8-22)23-9-5-2-6-10-23/h1-10,19,21,24,27H,11-18,20H2. The van der Waals surface area contributed by atoms with Crippen LogP contribution in [0.3, 0.4) is 0 Å². The lowest BCUT2D eigenvalue weighted by Gasteiger charge is -2.39. The fourth-order valence-corrected chi connectivity index (χ4v) is 7.38. The van der Waals surface area contributed by atoms with E-state index in [4.69, 9.17) is 5.10 Å². The molecule has 0 bridgehead atoms. The Morgan fingerprint density at radius 3 is 2.00 bits per heavy atom. The number of aromatic nitrogens is 2. The molecule has 188 valence electrons. The highest BCUT2D eigenvalue weighted by atomic mass is 32.2. The predicted octanol–water partition coefficient (Wildman–Crippen LogP) is 3.67. The molecule has 2 aliphatic heterocycles. The van der Waals surface area contributed by atoms with E-state index < -0.39 is 9.84 Å². The predicted molar refractivity (Wildman–Crippen MR) is 139 cm³/mol. The topological polar surface area (TPSA) is 75.5 Å². The molecule has 1 aromatic heterocycles. The summed E-state index contributed by atoms with van der Waals surface area (Å²) in [6.07, 6.45) is 2.74. The van der Waals surface area contributed by atoms with E-state index >= 15 is 0 Å². The fourth-order valence-electron chi connectivity index (χ4n) is 5.69. The van der Waals surface area contributed by atoms with Gasteiger partial charge >= 0.3 is 0 Å². The number of rotatable bonds is 6. The highest BCUT2D eigenvalue weighted by Gasteiger charge is 2.37. The monoisotopic (exact) mass is 504 g/mol. The second-order valence-corrected chi connectivity index (χ2v) is 12.5. The first kappa shape index (κ1) is 23.4. The first-order valence-electron chi connectivity index (χ1n) is 12.9. The number of carbonyl (C=O) groups excluding carboxylic acids is 1. The summed E-state index contributed by atoms with van der Waals surface area (Å²) < 4.78 is 26.0. The maximum absolute atomic E-state index is 13.5. The number of hydrogen-bond donors (Lipinski definition) is 0. The van der Waals surface area contributed by atoms with Gasteiger partial charge < -0.3 is 4.90 Å². The van der Waals surface area contributed by atoms with Gasteiger partial charge in [0.15, 0.2) is 15.5 Å². The molecule has 1 amide bonds. The minimum Gasteiger partial charge on any atom is -0.335 e. The van der Waals surface area contributed by atoms with Crippen LogP contribution in [0.25, 0.3) is 0 Å². The number of sulfone groups is 1. The van der Waals surface area contributed by atoms with Gasteiger partial charge in [-0.3, -0.25) is 14.4 Å². The Morgan fingerprint density at radius 2 is 1.47 bits per heavy atom. The second kappa shape index (κ2) is 9.48. The first-order valence-corrected chi connectivity index (χ1v) is 14.7. The maximum Gasteiger partial charge on any atom is 0.274 e. The molecule has 6 rings (SSSR count). The van der Waals surface area contributed by atoms with Gasteiger partial charge in [-0.1, -0.05) is 60.7 Å². The summed E-state index contributed by atoms with van der Waals surface area (Å²) in [5.41, 5.74) is 4.00. The second-order valence-electron chi connectivity index (χ2n) is 10.3. The SMILES string of the molecule is O=C(c1cc(C2CC2)n(C2CCS(=O)(=O)C2)n1)N1CCN(C(c2ccccc2)c2ccccc2)CC1. The van der Waals surface area contributed by atoms with Crippen molar-refractivity contribution in [2.24, 2.45) is 0 Å². The Hall–Kier alpha value is -2.97. The molecule has 36 heavy (non-hydrogen) atoms. The van der Waals surface area contributed by atoms with Crippen molar-refractivity contribution < 1.29 is 13.2 Å². The Bertz CT molecular complexity index is 1290. The Labute approximate surface area is 212 Å². The van der Waals surface area contributed by atoms with Gasteiger partial charge in [-0.05, 0) is 36.5 Å². The molecular formula is C28H32N4O3S. The van der Waals surface area contributed by atoms with Crippen LogP contribution in [-0.4, -0.2) is 71.6 Å². The largest absolute Gasteiger partial charge is 0.335 e. The Morgan fingerprint density at radius 1 is 0.861 bits per heavy atom. The lowest BCUT2D eigenvalue weighted by atomic mass is 9.96. The van der Waals surface area contributed by atoms with Gasteiger partial charge in [-0.25, -0.2) is 8.42 Å². The van der Waals surface area contributed by atoms with E-state index in [1.54, 1.807) is 0 Å². The quantitative estimate of drug-likeness (QED) is 0.512. The van der Waals surface area contributed by atoms with Crippen LogP contribution in [0.2, 0.25) is 0 Å². The van der Waals surface area contributed by atoms with Crippen LogP contribution in [-0.2, 0) is 9.84 Å². The van der Waals surface area contributed by atoms with E-state index in [0.29, 0.717) is 31.1 Å². The summed E-state index contributed by atoms with van der Waals surface area (Å²) in [7, 11) is -3.02. The molecule has 1 atom stereocenters. The average Bonchev–Trinajstić information content (AvgIpc) is 3.55. The van der Waals surface area contributed by atoms with Crippen molar-refractivity contribution in [3.8, 4) is 0 Å². The fraction of sp³-hybridized carbons (Fsp3) is 0.429. The molecule has 8 heteroatoms. The zero-order valence-electron chi connectivity index (χ0n) is 20.4. The molecule has 3 heterocycles. The third-order valence-electron chi connectivity index (χ3n) is 7.73. The molecule has 3 aromatic rings. The lowest BCUT2D eigenvalue weighted by Crippen LogP contribution is -2.50. The van der Waals surface area contributed by atoms with Crippen LogP contribution in [0.1, 0.15) is 64.6 Å². The minimum atomic E-state index is -3.02. The van der Waals surface area contributed by atoms with E-state index in [-0.39, 0.29) is 29.5 Å². The van der Waals surface area contributed by atoms with Crippen molar-refractivity contribution in [1.29, 1.82) is 0 Å². The molecule has 0 spiro atoms. The summed E-state index contributed by atoms with van der Waals surface area (Å²) >= 11 is 0. The summed E-state index contributed by atoms with van der Waals surface area (Å²) in [4.78, 5) is 17.8. The molecule has 0 radical (unpaired) electrons. The van der Waals surface area contributed by atoms with Crippen molar-refractivity contribution >= 4 is 15.7 Å². The van der Waals surface area contributed by atoms with E-state index in [9.17, 15) is 13.2 Å². The third-order valence-corrected chi connectivity index (χ3v) is 9.48. The van der Waals surface area contributed by atoms with Crippen molar-refractivity contribution in [3.63, 3.8) is 0 Å². The van der Waals surface area contributed by atoms with E-state index in [1.807, 2.05) is 27.8 Å². The van der Waals surface area contributed by atoms with Crippen molar-refractivity contribution in [3.05, 3.63) is 89.2 Å². The van der Waals surface area contributed by atoms with Crippen LogP contribution in [0, 0.1) is 0 Å².